The van der Waals surface area contributed by atoms with Crippen molar-refractivity contribution in [3.05, 3.63) is 34.1 Å². The van der Waals surface area contributed by atoms with Gasteiger partial charge in [-0.05, 0) is 6.07 Å². The van der Waals surface area contributed by atoms with Gasteiger partial charge in [0, 0.05) is 12.3 Å². The van der Waals surface area contributed by atoms with E-state index in [0.29, 0.717) is 6.07 Å². The fourth-order valence-electron chi connectivity index (χ4n) is 0.919. The average molecular weight is 218 g/mol. The maximum atomic E-state index is 13.1. The first-order valence-electron chi connectivity index (χ1n) is 3.50. The van der Waals surface area contributed by atoms with Crippen LogP contribution in [0.2, 0.25) is 0 Å². The Kier molecular flexibility index (Phi) is 2.52. The molecule has 0 amide bonds. The highest BCUT2D eigenvalue weighted by Gasteiger charge is 2.14. The molecule has 1 atom stereocenters. The second kappa shape index (κ2) is 3.33. The molecule has 1 rings (SSSR count). The van der Waals surface area contributed by atoms with Gasteiger partial charge in [0.15, 0.2) is 0 Å². The number of nitro benzene ring substituents is 1. The van der Waals surface area contributed by atoms with Gasteiger partial charge in [-0.2, -0.15) is 0 Å². The Hall–Kier alpha value is -1.50. The quantitative estimate of drug-likeness (QED) is 0.606. The molecule has 76 valence electrons. The lowest BCUT2D eigenvalue weighted by Gasteiger charge is -2.01. The monoisotopic (exact) mass is 218 g/mol. The number of rotatable bonds is 2. The summed E-state index contributed by atoms with van der Waals surface area (Å²) >= 11 is 0. The van der Waals surface area contributed by atoms with E-state index in [1.165, 1.54) is 0 Å². The minimum Gasteiger partial charge on any atom is -0.258 e. The molecule has 0 aliphatic heterocycles. The molecular formula is C7H7FN2O3S. The van der Waals surface area contributed by atoms with Crippen LogP contribution in [0.4, 0.5) is 10.1 Å². The van der Waals surface area contributed by atoms with E-state index in [2.05, 4.69) is 0 Å². The molecule has 0 spiro atoms. The van der Waals surface area contributed by atoms with E-state index in [-0.39, 0.29) is 4.90 Å². The number of nitrogens with one attached hydrogen (secondary N) is 1. The van der Waals surface area contributed by atoms with E-state index in [9.17, 15) is 18.7 Å². The van der Waals surface area contributed by atoms with Gasteiger partial charge in [0.25, 0.3) is 5.69 Å². The van der Waals surface area contributed by atoms with Gasteiger partial charge in [-0.15, -0.1) is 0 Å². The molecule has 1 aromatic carbocycles. The van der Waals surface area contributed by atoms with Gasteiger partial charge in [-0.3, -0.25) is 10.1 Å². The van der Waals surface area contributed by atoms with Crippen molar-refractivity contribution in [1.82, 2.24) is 0 Å². The van der Waals surface area contributed by atoms with Crippen LogP contribution in [-0.4, -0.2) is 15.4 Å². The molecule has 5 nitrogen and oxygen atoms in total. The normalized spacial score (nSPS) is 14.7. The zero-order valence-electron chi connectivity index (χ0n) is 7.19. The number of hydrogen-bond acceptors (Lipinski definition) is 4. The molecule has 0 saturated carbocycles. The summed E-state index contributed by atoms with van der Waals surface area (Å²) in [5.41, 5.74) is -0.421. The van der Waals surface area contributed by atoms with Gasteiger partial charge in [-0.25, -0.2) is 13.4 Å². The molecule has 0 bridgehead atoms. The van der Waals surface area contributed by atoms with E-state index in [0.717, 1.165) is 18.4 Å². The highest BCUT2D eigenvalue weighted by molar-refractivity contribution is 7.91. The van der Waals surface area contributed by atoms with Gasteiger partial charge in [0.05, 0.1) is 25.6 Å². The molecule has 0 aliphatic carbocycles. The minimum atomic E-state index is -3.17. The second-order valence-electron chi connectivity index (χ2n) is 2.72. The zero-order valence-corrected chi connectivity index (χ0v) is 8.01. The van der Waals surface area contributed by atoms with Crippen molar-refractivity contribution in [3.8, 4) is 0 Å². The van der Waals surface area contributed by atoms with Crippen LogP contribution in [0, 0.1) is 20.7 Å². The SMILES string of the molecule is CS(=N)(=O)c1ccc([N+](=O)[O-])cc1F. The number of nitro groups is 1. The van der Waals surface area contributed by atoms with Crippen LogP contribution in [0.3, 0.4) is 0 Å². The van der Waals surface area contributed by atoms with Crippen LogP contribution in [0.5, 0.6) is 0 Å². The Balaban J connectivity index is 3.35. The van der Waals surface area contributed by atoms with Crippen molar-refractivity contribution in [2.45, 2.75) is 4.90 Å². The van der Waals surface area contributed by atoms with Crippen LogP contribution in [-0.2, 0) is 9.73 Å². The Bertz CT molecular complexity index is 484. The molecule has 1 aromatic rings. The summed E-state index contributed by atoms with van der Waals surface area (Å²) in [6.45, 7) is 0. The number of halogens is 1. The highest BCUT2D eigenvalue weighted by atomic mass is 32.2. The van der Waals surface area contributed by atoms with Crippen LogP contribution >= 0.6 is 0 Å². The molecule has 0 radical (unpaired) electrons. The van der Waals surface area contributed by atoms with Crippen molar-refractivity contribution in [3.63, 3.8) is 0 Å². The third-order valence-corrected chi connectivity index (χ3v) is 2.72. The van der Waals surface area contributed by atoms with E-state index >= 15 is 0 Å². The third kappa shape index (κ3) is 2.05. The first-order valence-corrected chi connectivity index (χ1v) is 5.47. The van der Waals surface area contributed by atoms with Crippen LogP contribution < -0.4 is 0 Å². The summed E-state index contributed by atoms with van der Waals surface area (Å²) < 4.78 is 31.4. The Labute approximate surface area is 79.7 Å². The van der Waals surface area contributed by atoms with Crippen molar-refractivity contribution < 1.29 is 13.5 Å². The van der Waals surface area contributed by atoms with Gasteiger partial charge in [0.1, 0.15) is 5.82 Å². The highest BCUT2D eigenvalue weighted by Crippen LogP contribution is 2.20. The standard InChI is InChI=1S/C7H7FN2O3S/c1-14(9,13)7-3-2-5(10(11)12)4-6(7)8/h2-4,9H,1H3. The minimum absolute atomic E-state index is 0.317. The number of benzene rings is 1. The number of non-ortho nitro benzene ring substituents is 1. The summed E-state index contributed by atoms with van der Waals surface area (Å²) in [6, 6.07) is 2.69. The maximum Gasteiger partial charge on any atom is 0.272 e. The zero-order chi connectivity index (χ0) is 10.9. The van der Waals surface area contributed by atoms with Gasteiger partial charge in [0.2, 0.25) is 0 Å². The third-order valence-electron chi connectivity index (χ3n) is 1.55. The predicted molar refractivity (Wildman–Crippen MR) is 48.1 cm³/mol. The fraction of sp³-hybridized carbons (Fsp3) is 0.143. The molecule has 0 aromatic heterocycles. The van der Waals surface area contributed by atoms with Crippen molar-refractivity contribution >= 4 is 15.4 Å². The molecule has 0 saturated heterocycles. The lowest BCUT2D eigenvalue weighted by atomic mass is 10.3. The van der Waals surface area contributed by atoms with Crippen LogP contribution in [0.15, 0.2) is 23.1 Å². The van der Waals surface area contributed by atoms with Crippen molar-refractivity contribution in [2.24, 2.45) is 0 Å². The molecule has 0 heterocycles. The molecule has 0 fully saturated rings. The Morgan fingerprint density at radius 3 is 2.50 bits per heavy atom. The van der Waals surface area contributed by atoms with Crippen molar-refractivity contribution in [2.75, 3.05) is 6.26 Å². The van der Waals surface area contributed by atoms with E-state index < -0.39 is 26.2 Å². The van der Waals surface area contributed by atoms with Crippen molar-refractivity contribution in [1.29, 1.82) is 4.78 Å². The maximum absolute atomic E-state index is 13.1. The van der Waals surface area contributed by atoms with E-state index in [1.807, 2.05) is 0 Å². The van der Waals surface area contributed by atoms with Crippen LogP contribution in [0.1, 0.15) is 0 Å². The predicted octanol–water partition coefficient (Wildman–Crippen LogP) is 1.77. The summed E-state index contributed by atoms with van der Waals surface area (Å²) in [6.07, 6.45) is 1.05. The van der Waals surface area contributed by atoms with Gasteiger partial charge < -0.3 is 0 Å². The average Bonchev–Trinajstić information content (AvgIpc) is 2.01. The van der Waals surface area contributed by atoms with Crippen LogP contribution in [0.25, 0.3) is 0 Å². The lowest BCUT2D eigenvalue weighted by molar-refractivity contribution is -0.385. The summed E-state index contributed by atoms with van der Waals surface area (Å²) in [5, 5.41) is 10.2. The summed E-state index contributed by atoms with van der Waals surface area (Å²) in [4.78, 5) is 9.16. The van der Waals surface area contributed by atoms with E-state index in [4.69, 9.17) is 4.78 Å². The fourth-order valence-corrected chi connectivity index (χ4v) is 1.68. The number of hydrogen-bond donors (Lipinski definition) is 1. The first-order chi connectivity index (χ1) is 6.32. The molecule has 7 heteroatoms. The summed E-state index contributed by atoms with van der Waals surface area (Å²) in [7, 11) is -3.17. The number of nitrogens with zero attached hydrogens (tertiary/aromatic N) is 1. The molecule has 0 aliphatic rings. The largest absolute Gasteiger partial charge is 0.272 e. The van der Waals surface area contributed by atoms with Gasteiger partial charge in [-0.1, -0.05) is 0 Å². The topological polar surface area (TPSA) is 84.1 Å². The Morgan fingerprint density at radius 2 is 2.14 bits per heavy atom. The molecule has 1 unspecified atom stereocenters. The smallest absolute Gasteiger partial charge is 0.258 e. The van der Waals surface area contributed by atoms with E-state index in [1.54, 1.807) is 0 Å². The first kappa shape index (κ1) is 10.6. The molecule has 14 heavy (non-hydrogen) atoms. The Morgan fingerprint density at radius 1 is 1.57 bits per heavy atom. The lowest BCUT2D eigenvalue weighted by Crippen LogP contribution is -1.99. The summed E-state index contributed by atoms with van der Waals surface area (Å²) in [5.74, 6) is -0.985. The molecular weight excluding hydrogens is 211 g/mol. The molecule has 1 N–H and O–H groups in total. The second-order valence-corrected chi connectivity index (χ2v) is 4.84. The van der Waals surface area contributed by atoms with Gasteiger partial charge >= 0.3 is 0 Å².